The molecule has 1 fully saturated rings. The van der Waals surface area contributed by atoms with Gasteiger partial charge in [0.1, 0.15) is 0 Å². The third-order valence-electron chi connectivity index (χ3n) is 2.66. The molecular formula is C9H14F2N2O4. The predicted octanol–water partition coefficient (Wildman–Crippen LogP) is 0.784. The summed E-state index contributed by atoms with van der Waals surface area (Å²) in [6.07, 6.45) is -2.39. The van der Waals surface area contributed by atoms with Crippen molar-refractivity contribution in [3.8, 4) is 0 Å². The molecule has 1 aliphatic heterocycles. The summed E-state index contributed by atoms with van der Waals surface area (Å²) in [5.74, 6) is -3.61. The fourth-order valence-electron chi connectivity index (χ4n) is 1.74. The average molecular weight is 252 g/mol. The maximum Gasteiger partial charge on any atom is 0.407 e. The largest absolute Gasteiger partial charge is 0.465 e. The molecule has 6 nitrogen and oxygen atoms in total. The van der Waals surface area contributed by atoms with Crippen LogP contribution in [0.2, 0.25) is 0 Å². The summed E-state index contributed by atoms with van der Waals surface area (Å²) in [5.41, 5.74) is 0. The Hall–Kier alpha value is -1.44. The van der Waals surface area contributed by atoms with Crippen molar-refractivity contribution in [1.29, 1.82) is 0 Å². The second-order valence-electron chi connectivity index (χ2n) is 3.90. The van der Waals surface area contributed by atoms with Crippen molar-refractivity contribution in [2.45, 2.75) is 24.8 Å². The molecule has 0 aromatic rings. The second-order valence-corrected chi connectivity index (χ2v) is 3.90. The molecule has 1 atom stereocenters. The molecule has 2 amide bonds. The van der Waals surface area contributed by atoms with Gasteiger partial charge in [0.05, 0.1) is 13.7 Å². The van der Waals surface area contributed by atoms with Gasteiger partial charge in [-0.1, -0.05) is 0 Å². The zero-order valence-electron chi connectivity index (χ0n) is 9.52. The van der Waals surface area contributed by atoms with Crippen molar-refractivity contribution in [3.05, 3.63) is 0 Å². The maximum atomic E-state index is 13.1. The smallest absolute Gasteiger partial charge is 0.407 e. The molecule has 98 valence electrons. The number of carboxylic acid groups (broad SMARTS) is 1. The average Bonchev–Trinajstić information content (AvgIpc) is 2.52. The fourth-order valence-corrected chi connectivity index (χ4v) is 1.74. The van der Waals surface area contributed by atoms with E-state index in [9.17, 15) is 18.4 Å². The molecule has 1 N–H and O–H groups in total. The van der Waals surface area contributed by atoms with Crippen LogP contribution in [0.25, 0.3) is 0 Å². The highest BCUT2D eigenvalue weighted by atomic mass is 19.3. The Labute approximate surface area is 96.7 Å². The van der Waals surface area contributed by atoms with Crippen LogP contribution >= 0.6 is 0 Å². The van der Waals surface area contributed by atoms with Crippen molar-refractivity contribution >= 4 is 12.0 Å². The molecule has 0 aliphatic carbocycles. The van der Waals surface area contributed by atoms with Crippen molar-refractivity contribution in [2.75, 3.05) is 20.7 Å². The van der Waals surface area contributed by atoms with E-state index in [0.717, 1.165) is 5.06 Å². The van der Waals surface area contributed by atoms with Gasteiger partial charge < -0.3 is 5.11 Å². The fraction of sp³-hybridized carbons (Fsp3) is 0.778. The van der Waals surface area contributed by atoms with Crippen LogP contribution in [-0.4, -0.2) is 59.7 Å². The van der Waals surface area contributed by atoms with Crippen molar-refractivity contribution in [2.24, 2.45) is 0 Å². The van der Waals surface area contributed by atoms with Gasteiger partial charge >= 0.3 is 6.09 Å². The Bertz CT molecular complexity index is 324. The highest BCUT2D eigenvalue weighted by Crippen LogP contribution is 2.33. The quantitative estimate of drug-likeness (QED) is 0.754. The lowest BCUT2D eigenvalue weighted by atomic mass is 10.1. The number of alkyl halides is 2. The van der Waals surface area contributed by atoms with E-state index in [2.05, 4.69) is 4.84 Å². The Morgan fingerprint density at radius 2 is 2.18 bits per heavy atom. The number of halogens is 2. The monoisotopic (exact) mass is 252 g/mol. The molecule has 0 saturated carbocycles. The highest BCUT2D eigenvalue weighted by Gasteiger charge is 2.47. The van der Waals surface area contributed by atoms with Crippen LogP contribution in [-0.2, 0) is 9.63 Å². The Morgan fingerprint density at radius 3 is 2.65 bits per heavy atom. The summed E-state index contributed by atoms with van der Waals surface area (Å²) >= 11 is 0. The van der Waals surface area contributed by atoms with Gasteiger partial charge in [0.25, 0.3) is 5.92 Å². The van der Waals surface area contributed by atoms with E-state index in [4.69, 9.17) is 5.11 Å². The van der Waals surface area contributed by atoms with Crippen LogP contribution in [0.4, 0.5) is 13.6 Å². The van der Waals surface area contributed by atoms with Crippen LogP contribution in [0.5, 0.6) is 0 Å². The Kier molecular flexibility index (Phi) is 3.87. The van der Waals surface area contributed by atoms with Gasteiger partial charge in [-0.2, -0.15) is 0 Å². The molecule has 0 aromatic heterocycles. The zero-order valence-corrected chi connectivity index (χ0v) is 9.52. The molecule has 1 saturated heterocycles. The molecular weight excluding hydrogens is 238 g/mol. The summed E-state index contributed by atoms with van der Waals surface area (Å²) in [4.78, 5) is 27.4. The zero-order chi connectivity index (χ0) is 13.2. The van der Waals surface area contributed by atoms with Gasteiger partial charge in [0.2, 0.25) is 5.91 Å². The lowest BCUT2D eigenvalue weighted by molar-refractivity contribution is -0.169. The number of hydrogen-bond donors (Lipinski definition) is 1. The van der Waals surface area contributed by atoms with Gasteiger partial charge in [-0.25, -0.2) is 18.6 Å². The number of carbonyl (C=O) groups is 2. The topological polar surface area (TPSA) is 70.1 Å². The summed E-state index contributed by atoms with van der Waals surface area (Å²) in [5, 5.41) is 9.65. The van der Waals surface area contributed by atoms with E-state index in [-0.39, 0.29) is 6.42 Å². The third-order valence-corrected chi connectivity index (χ3v) is 2.66. The van der Waals surface area contributed by atoms with Gasteiger partial charge in [-0.15, -0.1) is 0 Å². The minimum atomic E-state index is -3.07. The molecule has 0 spiro atoms. The summed E-state index contributed by atoms with van der Waals surface area (Å²) in [6.45, 7) is -0.864. The van der Waals surface area contributed by atoms with Crippen molar-refractivity contribution in [3.63, 3.8) is 0 Å². The van der Waals surface area contributed by atoms with Gasteiger partial charge in [-0.05, 0) is 0 Å². The van der Waals surface area contributed by atoms with Crippen LogP contribution in [0, 0.1) is 0 Å². The lowest BCUT2D eigenvalue weighted by Gasteiger charge is -2.22. The predicted molar refractivity (Wildman–Crippen MR) is 52.5 cm³/mol. The number of carbonyl (C=O) groups excluding carboxylic acids is 1. The van der Waals surface area contributed by atoms with E-state index in [0.29, 0.717) is 4.90 Å². The van der Waals surface area contributed by atoms with Crippen LogP contribution in [0.1, 0.15) is 12.8 Å². The van der Waals surface area contributed by atoms with E-state index in [1.165, 1.54) is 14.2 Å². The van der Waals surface area contributed by atoms with Gasteiger partial charge in [0, 0.05) is 25.9 Å². The van der Waals surface area contributed by atoms with E-state index < -0.39 is 36.9 Å². The molecule has 0 aromatic carbocycles. The van der Waals surface area contributed by atoms with Gasteiger partial charge in [0.15, 0.2) is 0 Å². The Morgan fingerprint density at radius 1 is 1.59 bits per heavy atom. The minimum Gasteiger partial charge on any atom is -0.465 e. The first-order valence-electron chi connectivity index (χ1n) is 4.95. The summed E-state index contributed by atoms with van der Waals surface area (Å²) in [6, 6.07) is -1.01. The Balaban J connectivity index is 2.69. The summed E-state index contributed by atoms with van der Waals surface area (Å²) < 4.78 is 26.2. The number of rotatable bonds is 3. The lowest BCUT2D eigenvalue weighted by Crippen LogP contribution is -2.39. The third kappa shape index (κ3) is 3.26. The highest BCUT2D eigenvalue weighted by molar-refractivity contribution is 5.76. The van der Waals surface area contributed by atoms with E-state index in [1.807, 2.05) is 0 Å². The molecule has 0 radical (unpaired) electrons. The first-order valence-corrected chi connectivity index (χ1v) is 4.95. The molecule has 1 rings (SSSR count). The number of amides is 2. The molecule has 1 aliphatic rings. The van der Waals surface area contributed by atoms with Crippen molar-refractivity contribution < 1.29 is 28.3 Å². The van der Waals surface area contributed by atoms with E-state index in [1.54, 1.807) is 0 Å². The number of likely N-dealkylation sites (tertiary alicyclic amines) is 1. The summed E-state index contributed by atoms with van der Waals surface area (Å²) in [7, 11) is 2.59. The number of nitrogens with zero attached hydrogens (tertiary/aromatic N) is 2. The molecule has 8 heteroatoms. The maximum absolute atomic E-state index is 13.1. The van der Waals surface area contributed by atoms with Crippen LogP contribution in [0.15, 0.2) is 0 Å². The van der Waals surface area contributed by atoms with Crippen LogP contribution < -0.4 is 0 Å². The van der Waals surface area contributed by atoms with Gasteiger partial charge in [-0.3, -0.25) is 14.5 Å². The standard InChI is InChI=1S/C9H14F2N2O4/c1-12(17-2)7(14)3-6-4-9(10,11)5-13(6)8(15)16/h6H,3-5H2,1-2H3,(H,15,16). The molecule has 1 heterocycles. The first kappa shape index (κ1) is 13.6. The molecule has 0 bridgehead atoms. The van der Waals surface area contributed by atoms with E-state index >= 15 is 0 Å². The number of hydroxylamine groups is 2. The first-order chi connectivity index (χ1) is 7.76. The number of hydrogen-bond acceptors (Lipinski definition) is 3. The second kappa shape index (κ2) is 4.82. The normalized spacial score (nSPS) is 22.6. The molecule has 17 heavy (non-hydrogen) atoms. The van der Waals surface area contributed by atoms with Crippen LogP contribution in [0.3, 0.4) is 0 Å². The van der Waals surface area contributed by atoms with Crippen molar-refractivity contribution in [1.82, 2.24) is 9.96 Å². The SMILES string of the molecule is CON(C)C(=O)CC1CC(F)(F)CN1C(=O)O. The minimum absolute atomic E-state index is 0.313. The molecule has 1 unspecified atom stereocenters.